The summed E-state index contributed by atoms with van der Waals surface area (Å²) in [5.41, 5.74) is 0. The molecule has 0 aromatic carbocycles. The molecule has 0 aliphatic rings. The van der Waals surface area contributed by atoms with Crippen LogP contribution < -0.4 is 0 Å². The lowest BCUT2D eigenvalue weighted by atomic mass is 10.1. The molecule has 0 rings (SSSR count). The number of ether oxygens (including phenoxy) is 3. The lowest BCUT2D eigenvalue weighted by molar-refractivity contribution is -0.167. The summed E-state index contributed by atoms with van der Waals surface area (Å²) in [7, 11) is 0. The fourth-order valence-corrected chi connectivity index (χ4v) is 7.32. The van der Waals surface area contributed by atoms with Crippen molar-refractivity contribution in [3.63, 3.8) is 0 Å². The number of hydrogen-bond acceptors (Lipinski definition) is 6. The molecule has 6 heteroatoms. The Bertz CT molecular complexity index is 1350. The maximum atomic E-state index is 12.8. The largest absolute Gasteiger partial charge is 0.462 e. The molecule has 0 aromatic rings. The minimum atomic E-state index is -0.812. The van der Waals surface area contributed by atoms with Crippen molar-refractivity contribution in [3.05, 3.63) is 97.2 Å². The van der Waals surface area contributed by atoms with Crippen LogP contribution in [0.2, 0.25) is 0 Å². The molecular formula is C61H102O6. The van der Waals surface area contributed by atoms with Crippen molar-refractivity contribution in [2.75, 3.05) is 13.2 Å². The van der Waals surface area contributed by atoms with Crippen LogP contribution in [0.4, 0.5) is 0 Å². The van der Waals surface area contributed by atoms with E-state index in [2.05, 4.69) is 118 Å². The summed E-state index contributed by atoms with van der Waals surface area (Å²) in [6, 6.07) is 0. The van der Waals surface area contributed by atoms with E-state index in [0.29, 0.717) is 19.3 Å². The first kappa shape index (κ1) is 63.3. The topological polar surface area (TPSA) is 78.9 Å². The molecule has 0 amide bonds. The standard InChI is InChI=1S/C61H102O6/c1-4-7-10-13-16-19-22-25-28-30-33-35-38-41-44-47-50-53-59(62)65-56-58(67-61(64)55-52-49-46-43-40-37-32-27-24-21-18-15-12-9-6-3)57-66-60(63)54-51-48-45-42-39-36-34-31-29-26-23-20-17-14-11-8-5-2/h16-17,19-21,24-26,28-29,33-36,41,44,58H,4-15,18,22-23,27,30-32,37-40,42-43,45-57H2,1-3H3/b19-16-,20-17-,24-21-,28-25-,29-26-,35-33-,36-34-,44-41-/t58-/m1/s1. The van der Waals surface area contributed by atoms with Gasteiger partial charge in [-0.3, -0.25) is 14.4 Å². The second-order valence-electron chi connectivity index (χ2n) is 18.1. The second kappa shape index (κ2) is 54.9. The van der Waals surface area contributed by atoms with Gasteiger partial charge in [0.05, 0.1) is 0 Å². The van der Waals surface area contributed by atoms with Crippen LogP contribution in [0, 0.1) is 0 Å². The predicted octanol–water partition coefficient (Wildman–Crippen LogP) is 18.5. The van der Waals surface area contributed by atoms with Crippen LogP contribution in [-0.4, -0.2) is 37.2 Å². The van der Waals surface area contributed by atoms with Gasteiger partial charge in [-0.25, -0.2) is 0 Å². The fraction of sp³-hybridized carbons (Fsp3) is 0.689. The molecule has 0 unspecified atom stereocenters. The van der Waals surface area contributed by atoms with E-state index in [-0.39, 0.29) is 37.5 Å². The summed E-state index contributed by atoms with van der Waals surface area (Å²) in [6.45, 7) is 6.50. The Kier molecular flexibility index (Phi) is 51.9. The van der Waals surface area contributed by atoms with Gasteiger partial charge in [0.1, 0.15) is 13.2 Å². The summed E-state index contributed by atoms with van der Waals surface area (Å²) in [6.07, 6.45) is 72.5. The predicted molar refractivity (Wildman–Crippen MR) is 288 cm³/mol. The highest BCUT2D eigenvalue weighted by atomic mass is 16.6. The summed E-state index contributed by atoms with van der Waals surface area (Å²) < 4.78 is 16.8. The lowest BCUT2D eigenvalue weighted by Crippen LogP contribution is -2.30. The number of rotatable bonds is 49. The van der Waals surface area contributed by atoms with Gasteiger partial charge in [0.25, 0.3) is 0 Å². The van der Waals surface area contributed by atoms with Crippen LogP contribution >= 0.6 is 0 Å². The molecule has 0 aromatic heterocycles. The molecule has 6 nitrogen and oxygen atoms in total. The Morgan fingerprint density at radius 2 is 0.552 bits per heavy atom. The minimum absolute atomic E-state index is 0.109. The Morgan fingerprint density at radius 3 is 0.940 bits per heavy atom. The zero-order chi connectivity index (χ0) is 48.6. The average Bonchev–Trinajstić information content (AvgIpc) is 3.33. The highest BCUT2D eigenvalue weighted by Crippen LogP contribution is 2.13. The first-order valence-corrected chi connectivity index (χ1v) is 27.7. The number of allylic oxidation sites excluding steroid dienone is 16. The number of unbranched alkanes of at least 4 members (excludes halogenated alkanes) is 22. The van der Waals surface area contributed by atoms with Crippen LogP contribution in [0.1, 0.15) is 252 Å². The van der Waals surface area contributed by atoms with Crippen molar-refractivity contribution in [1.29, 1.82) is 0 Å². The Balaban J connectivity index is 4.52. The van der Waals surface area contributed by atoms with Crippen LogP contribution in [-0.2, 0) is 28.6 Å². The molecule has 0 aliphatic carbocycles. The van der Waals surface area contributed by atoms with E-state index in [4.69, 9.17) is 14.2 Å². The zero-order valence-corrected chi connectivity index (χ0v) is 43.6. The lowest BCUT2D eigenvalue weighted by Gasteiger charge is -2.18. The van der Waals surface area contributed by atoms with Gasteiger partial charge in [0.15, 0.2) is 6.10 Å². The minimum Gasteiger partial charge on any atom is -0.462 e. The summed E-state index contributed by atoms with van der Waals surface area (Å²) in [5, 5.41) is 0. The van der Waals surface area contributed by atoms with Gasteiger partial charge in [-0.05, 0) is 122 Å². The van der Waals surface area contributed by atoms with Gasteiger partial charge in [-0.1, -0.05) is 208 Å². The number of carbonyl (C=O) groups excluding carboxylic acids is 3. The third kappa shape index (κ3) is 53.2. The molecule has 0 bridgehead atoms. The summed E-state index contributed by atoms with van der Waals surface area (Å²) >= 11 is 0. The van der Waals surface area contributed by atoms with Crippen LogP contribution in [0.25, 0.3) is 0 Å². The van der Waals surface area contributed by atoms with Crippen molar-refractivity contribution < 1.29 is 28.6 Å². The summed E-state index contributed by atoms with van der Waals surface area (Å²) in [5.74, 6) is -0.990. The molecule has 0 saturated carbocycles. The van der Waals surface area contributed by atoms with Crippen molar-refractivity contribution in [1.82, 2.24) is 0 Å². The van der Waals surface area contributed by atoms with E-state index < -0.39 is 6.10 Å². The van der Waals surface area contributed by atoms with Crippen molar-refractivity contribution in [2.45, 2.75) is 258 Å². The molecular weight excluding hydrogens is 829 g/mol. The first-order chi connectivity index (χ1) is 33.0. The van der Waals surface area contributed by atoms with Gasteiger partial charge >= 0.3 is 17.9 Å². The number of hydrogen-bond donors (Lipinski definition) is 0. The molecule has 0 N–H and O–H groups in total. The molecule has 0 saturated heterocycles. The summed E-state index contributed by atoms with van der Waals surface area (Å²) in [4.78, 5) is 38.1. The van der Waals surface area contributed by atoms with E-state index in [0.717, 1.165) is 89.9 Å². The van der Waals surface area contributed by atoms with Gasteiger partial charge < -0.3 is 14.2 Å². The number of esters is 3. The van der Waals surface area contributed by atoms with Gasteiger partial charge in [-0.15, -0.1) is 0 Å². The Labute approximate surface area is 413 Å². The molecule has 0 aliphatic heterocycles. The Hall–Kier alpha value is -3.67. The highest BCUT2D eigenvalue weighted by molar-refractivity contribution is 5.71. The van der Waals surface area contributed by atoms with E-state index in [1.165, 1.54) is 116 Å². The highest BCUT2D eigenvalue weighted by Gasteiger charge is 2.19. The maximum Gasteiger partial charge on any atom is 0.306 e. The monoisotopic (exact) mass is 931 g/mol. The van der Waals surface area contributed by atoms with Crippen LogP contribution in [0.3, 0.4) is 0 Å². The quantitative estimate of drug-likeness (QED) is 0.0262. The van der Waals surface area contributed by atoms with Crippen LogP contribution in [0.5, 0.6) is 0 Å². The SMILES string of the molecule is CCCCC/C=C\C/C=C\C/C=C\C/C=C\CCCC(=O)OC[C@H](COC(=O)CCCCCC/C=C\C/C=C\C/C=C\CCCCC)OC(=O)CCCCCCCCC/C=C\CCCCCC. The molecule has 0 radical (unpaired) electrons. The van der Waals surface area contributed by atoms with Gasteiger partial charge in [0, 0.05) is 19.3 Å². The third-order valence-corrected chi connectivity index (χ3v) is 11.5. The van der Waals surface area contributed by atoms with Crippen LogP contribution in [0.15, 0.2) is 97.2 Å². The van der Waals surface area contributed by atoms with E-state index >= 15 is 0 Å². The van der Waals surface area contributed by atoms with Crippen molar-refractivity contribution in [2.24, 2.45) is 0 Å². The van der Waals surface area contributed by atoms with E-state index in [1.54, 1.807) is 0 Å². The molecule has 382 valence electrons. The normalized spacial score (nSPS) is 12.8. The van der Waals surface area contributed by atoms with Crippen molar-refractivity contribution in [3.8, 4) is 0 Å². The van der Waals surface area contributed by atoms with Gasteiger partial charge in [-0.2, -0.15) is 0 Å². The third-order valence-electron chi connectivity index (χ3n) is 11.5. The molecule has 67 heavy (non-hydrogen) atoms. The van der Waals surface area contributed by atoms with Gasteiger partial charge in [0.2, 0.25) is 0 Å². The fourth-order valence-electron chi connectivity index (χ4n) is 7.32. The Morgan fingerprint density at radius 1 is 0.299 bits per heavy atom. The van der Waals surface area contributed by atoms with E-state index in [9.17, 15) is 14.4 Å². The van der Waals surface area contributed by atoms with E-state index in [1.807, 2.05) is 0 Å². The number of carbonyl (C=O) groups is 3. The molecule has 0 spiro atoms. The van der Waals surface area contributed by atoms with Crippen molar-refractivity contribution >= 4 is 17.9 Å². The molecule has 1 atom stereocenters. The smallest absolute Gasteiger partial charge is 0.306 e. The zero-order valence-electron chi connectivity index (χ0n) is 43.6. The molecule has 0 heterocycles. The first-order valence-electron chi connectivity index (χ1n) is 27.7. The maximum absolute atomic E-state index is 12.8. The molecule has 0 fully saturated rings. The second-order valence-corrected chi connectivity index (χ2v) is 18.1. The average molecular weight is 931 g/mol.